The van der Waals surface area contributed by atoms with Crippen molar-refractivity contribution >= 4 is 29.7 Å². The summed E-state index contributed by atoms with van der Waals surface area (Å²) in [4.78, 5) is 3.02. The van der Waals surface area contributed by atoms with Crippen molar-refractivity contribution in [2.24, 2.45) is 0 Å². The molecule has 0 bridgehead atoms. The normalized spacial score (nSPS) is 21.5. The number of hydrogen-bond acceptors (Lipinski definition) is 4. The fourth-order valence-electron chi connectivity index (χ4n) is 1.34. The summed E-state index contributed by atoms with van der Waals surface area (Å²) in [5, 5.41) is 3.47. The van der Waals surface area contributed by atoms with Gasteiger partial charge in [-0.1, -0.05) is 19.1 Å². The molecule has 1 unspecified atom stereocenters. The molecule has 13 heavy (non-hydrogen) atoms. The van der Waals surface area contributed by atoms with Crippen LogP contribution in [0.4, 0.5) is 0 Å². The van der Waals surface area contributed by atoms with E-state index < -0.39 is 0 Å². The first kappa shape index (κ1) is 10.9. The summed E-state index contributed by atoms with van der Waals surface area (Å²) >= 11 is 9.63. The highest BCUT2D eigenvalue weighted by molar-refractivity contribution is 7.87. The van der Waals surface area contributed by atoms with Crippen LogP contribution in [-0.4, -0.2) is 35.7 Å². The summed E-state index contributed by atoms with van der Waals surface area (Å²) in [6, 6.07) is 0. The molecule has 1 rings (SSSR count). The minimum absolute atomic E-state index is 0.143. The minimum atomic E-state index is 0.143. The Labute approximate surface area is 90.8 Å². The number of rotatable bonds is 4. The van der Waals surface area contributed by atoms with Crippen molar-refractivity contribution < 1.29 is 0 Å². The van der Waals surface area contributed by atoms with E-state index in [0.29, 0.717) is 0 Å². The smallest absolute Gasteiger partial charge is 0.0809 e. The molecule has 0 aromatic heterocycles. The van der Waals surface area contributed by atoms with Gasteiger partial charge in [0.15, 0.2) is 0 Å². The first-order valence-electron chi connectivity index (χ1n) is 4.47. The summed E-state index contributed by atoms with van der Waals surface area (Å²) in [6.45, 7) is 3.12. The lowest BCUT2D eigenvalue weighted by atomic mass is 9.98. The molecule has 0 aromatic rings. The lowest BCUT2D eigenvalue weighted by Gasteiger charge is -2.36. The van der Waals surface area contributed by atoms with E-state index in [-0.39, 0.29) is 5.25 Å². The van der Waals surface area contributed by atoms with Gasteiger partial charge in [0.25, 0.3) is 0 Å². The Morgan fingerprint density at radius 1 is 1.54 bits per heavy atom. The number of nitrogens with one attached hydrogen (secondary N) is 1. The van der Waals surface area contributed by atoms with E-state index >= 15 is 0 Å². The van der Waals surface area contributed by atoms with Gasteiger partial charge in [0.1, 0.15) is 0 Å². The predicted octanol–water partition coefficient (Wildman–Crippen LogP) is 1.44. The van der Waals surface area contributed by atoms with Gasteiger partial charge in [0.05, 0.1) is 21.5 Å². The van der Waals surface area contributed by atoms with Crippen molar-refractivity contribution in [3.8, 4) is 0 Å². The van der Waals surface area contributed by atoms with Gasteiger partial charge in [0, 0.05) is 20.6 Å². The summed E-state index contributed by atoms with van der Waals surface area (Å²) in [7, 11) is 4.04. The van der Waals surface area contributed by atoms with E-state index in [1.165, 1.54) is 5.70 Å². The van der Waals surface area contributed by atoms with Crippen molar-refractivity contribution in [3.05, 3.63) is 11.4 Å². The maximum atomic E-state index is 5.21. The van der Waals surface area contributed by atoms with Crippen LogP contribution < -0.4 is 5.32 Å². The average molecular weight is 216 g/mol. The van der Waals surface area contributed by atoms with E-state index in [1.54, 1.807) is 0 Å². The number of allylic oxidation sites excluding steroid dienone is 1. The molecule has 0 spiro atoms. The lowest BCUT2D eigenvalue weighted by Crippen LogP contribution is -2.44. The Morgan fingerprint density at radius 2 is 2.15 bits per heavy atom. The molecule has 2 nitrogen and oxygen atoms in total. The largest absolute Gasteiger partial charge is 0.383 e. The van der Waals surface area contributed by atoms with Crippen LogP contribution in [0.15, 0.2) is 11.4 Å². The van der Waals surface area contributed by atoms with Crippen LogP contribution in [0.2, 0.25) is 0 Å². The SMILES string of the molecule is CCCNC1=C(N(C)C)C(S)C1=S. The average Bonchev–Trinajstić information content (AvgIpc) is 2.09. The summed E-state index contributed by atoms with van der Waals surface area (Å²) in [5.41, 5.74) is 2.32. The molecule has 1 aliphatic carbocycles. The standard InChI is InChI=1S/C9H16N2S2/c1-4-5-10-6-7(11(2)3)9(13)8(6)12/h9-10,13H,4-5H2,1-3H3. The van der Waals surface area contributed by atoms with Gasteiger partial charge >= 0.3 is 0 Å². The Morgan fingerprint density at radius 3 is 2.62 bits per heavy atom. The molecule has 0 aromatic carbocycles. The van der Waals surface area contributed by atoms with E-state index in [1.807, 2.05) is 14.1 Å². The van der Waals surface area contributed by atoms with Gasteiger partial charge in [0.2, 0.25) is 0 Å². The Bertz CT molecular complexity index is 246. The molecule has 1 atom stereocenters. The second-order valence-electron chi connectivity index (χ2n) is 3.35. The zero-order valence-corrected chi connectivity index (χ0v) is 10.0. The van der Waals surface area contributed by atoms with Crippen LogP contribution in [0.25, 0.3) is 0 Å². The Hall–Kier alpha value is -0.220. The number of thiol groups is 1. The minimum Gasteiger partial charge on any atom is -0.383 e. The zero-order chi connectivity index (χ0) is 10.0. The fraction of sp³-hybridized carbons (Fsp3) is 0.667. The third-order valence-corrected chi connectivity index (χ3v) is 3.16. The molecule has 0 saturated carbocycles. The monoisotopic (exact) mass is 216 g/mol. The van der Waals surface area contributed by atoms with Gasteiger partial charge in [-0.25, -0.2) is 0 Å². The maximum Gasteiger partial charge on any atom is 0.0809 e. The highest BCUT2D eigenvalue weighted by Gasteiger charge is 2.33. The van der Waals surface area contributed by atoms with Gasteiger partial charge in [-0.05, 0) is 6.42 Å². The maximum absolute atomic E-state index is 5.21. The van der Waals surface area contributed by atoms with Crippen molar-refractivity contribution in [1.29, 1.82) is 0 Å². The lowest BCUT2D eigenvalue weighted by molar-refractivity contribution is 0.487. The van der Waals surface area contributed by atoms with E-state index in [9.17, 15) is 0 Å². The molecule has 1 aliphatic rings. The second kappa shape index (κ2) is 4.33. The van der Waals surface area contributed by atoms with Crippen LogP contribution in [0.5, 0.6) is 0 Å². The van der Waals surface area contributed by atoms with Crippen molar-refractivity contribution in [2.75, 3.05) is 20.6 Å². The topological polar surface area (TPSA) is 15.3 Å². The van der Waals surface area contributed by atoms with Gasteiger partial charge < -0.3 is 10.2 Å². The molecule has 0 saturated heterocycles. The number of hydrogen-bond donors (Lipinski definition) is 2. The van der Waals surface area contributed by atoms with Crippen molar-refractivity contribution in [1.82, 2.24) is 10.2 Å². The third kappa shape index (κ3) is 1.99. The fourth-order valence-corrected chi connectivity index (χ4v) is 2.12. The zero-order valence-electron chi connectivity index (χ0n) is 8.29. The number of thiocarbonyl (C=S) groups is 1. The van der Waals surface area contributed by atoms with E-state index in [2.05, 4.69) is 29.8 Å². The summed E-state index contributed by atoms with van der Waals surface area (Å²) < 4.78 is 0. The molecule has 0 amide bonds. The van der Waals surface area contributed by atoms with Crippen LogP contribution in [-0.2, 0) is 0 Å². The van der Waals surface area contributed by atoms with E-state index in [0.717, 1.165) is 23.5 Å². The predicted molar refractivity (Wildman–Crippen MR) is 64.4 cm³/mol. The van der Waals surface area contributed by atoms with Gasteiger partial charge in [-0.15, -0.1) is 0 Å². The molecular formula is C9H16N2S2. The van der Waals surface area contributed by atoms with Crippen LogP contribution in [0, 0.1) is 0 Å². The van der Waals surface area contributed by atoms with Crippen molar-refractivity contribution in [2.45, 2.75) is 18.6 Å². The van der Waals surface area contributed by atoms with Crippen LogP contribution >= 0.6 is 24.8 Å². The molecule has 0 aliphatic heterocycles. The third-order valence-electron chi connectivity index (χ3n) is 2.04. The molecule has 4 heteroatoms. The summed E-state index contributed by atoms with van der Waals surface area (Å²) in [6.07, 6.45) is 1.12. The second-order valence-corrected chi connectivity index (χ2v) is 4.30. The quantitative estimate of drug-likeness (QED) is 0.546. The molecule has 0 fully saturated rings. The number of nitrogens with zero attached hydrogens (tertiary/aromatic N) is 1. The highest BCUT2D eigenvalue weighted by atomic mass is 32.1. The molecule has 0 heterocycles. The van der Waals surface area contributed by atoms with Crippen LogP contribution in [0.3, 0.4) is 0 Å². The molecular weight excluding hydrogens is 200 g/mol. The summed E-state index contributed by atoms with van der Waals surface area (Å²) in [5.74, 6) is 0. The van der Waals surface area contributed by atoms with Crippen molar-refractivity contribution in [3.63, 3.8) is 0 Å². The van der Waals surface area contributed by atoms with Gasteiger partial charge in [-0.3, -0.25) is 0 Å². The Kier molecular flexibility index (Phi) is 3.62. The molecule has 1 N–H and O–H groups in total. The molecule has 74 valence electrons. The first-order valence-corrected chi connectivity index (χ1v) is 5.39. The molecule has 0 radical (unpaired) electrons. The Balaban J connectivity index is 2.72. The van der Waals surface area contributed by atoms with E-state index in [4.69, 9.17) is 12.2 Å². The van der Waals surface area contributed by atoms with Crippen LogP contribution in [0.1, 0.15) is 13.3 Å². The first-order chi connectivity index (χ1) is 6.09. The highest BCUT2D eigenvalue weighted by Crippen LogP contribution is 2.30. The van der Waals surface area contributed by atoms with Gasteiger partial charge in [-0.2, -0.15) is 12.6 Å².